The number of carbonyl (C=O) groups excluding carboxylic acids is 3. The van der Waals surface area contributed by atoms with Gasteiger partial charge in [0.1, 0.15) is 0 Å². The number of carbonyl (C=O) groups is 3. The Hall–Kier alpha value is -1.13. The predicted octanol–water partition coefficient (Wildman–Crippen LogP) is 4.60. The van der Waals surface area contributed by atoms with Crippen molar-refractivity contribution in [3.8, 4) is 0 Å². The minimum Gasteiger partial charge on any atom is -0.354 e. The van der Waals surface area contributed by atoms with Crippen LogP contribution in [0.15, 0.2) is 0 Å². The molecule has 0 aromatic rings. The Labute approximate surface area is 234 Å². The minimum absolute atomic E-state index is 0.0842. The molecule has 0 aliphatic rings. The molecule has 2 atom stereocenters. The quantitative estimate of drug-likeness (QED) is 0.158. The molecule has 0 bridgehead atoms. The Morgan fingerprint density at radius 1 is 0.895 bits per heavy atom. The maximum Gasteiger partial charge on any atom is 0.472 e. The Balaban J connectivity index is 4.74. The van der Waals surface area contributed by atoms with Gasteiger partial charge in [0.05, 0.1) is 13.2 Å². The van der Waals surface area contributed by atoms with Gasteiger partial charge in [0, 0.05) is 61.5 Å². The highest BCUT2D eigenvalue weighted by Crippen LogP contribution is 2.42. The van der Waals surface area contributed by atoms with Gasteiger partial charge in [-0.2, -0.15) is 11.8 Å². The highest BCUT2D eigenvalue weighted by Gasteiger charge is 2.35. The zero-order valence-corrected chi connectivity index (χ0v) is 26.5. The van der Waals surface area contributed by atoms with E-state index in [-0.39, 0.29) is 48.6 Å². The van der Waals surface area contributed by atoms with Gasteiger partial charge in [0.15, 0.2) is 0 Å². The van der Waals surface area contributed by atoms with Crippen molar-refractivity contribution < 1.29 is 32.9 Å². The van der Waals surface area contributed by atoms with Crippen LogP contribution in [-0.2, 0) is 28.0 Å². The van der Waals surface area contributed by atoms with Crippen molar-refractivity contribution in [3.63, 3.8) is 0 Å². The van der Waals surface area contributed by atoms with E-state index >= 15 is 0 Å². The van der Waals surface area contributed by atoms with Crippen LogP contribution in [0.2, 0.25) is 0 Å². The minimum atomic E-state index is -4.07. The largest absolute Gasteiger partial charge is 0.472 e. The topological polar surface area (TPSA) is 125 Å². The van der Waals surface area contributed by atoms with Gasteiger partial charge in [-0.25, -0.2) is 4.57 Å². The number of nitrogens with one attached hydrogen (secondary N) is 1. The first-order valence-corrected chi connectivity index (χ1v) is 16.4. The highest BCUT2D eigenvalue weighted by atomic mass is 32.2. The number of thioether (sulfide) groups is 1. The molecule has 0 heterocycles. The van der Waals surface area contributed by atoms with Crippen molar-refractivity contribution in [1.82, 2.24) is 15.1 Å². The maximum atomic E-state index is 12.9. The maximum absolute atomic E-state index is 12.9. The zero-order valence-electron chi connectivity index (χ0n) is 24.8. The molecule has 12 heteroatoms. The third-order valence-corrected chi connectivity index (χ3v) is 8.36. The summed E-state index contributed by atoms with van der Waals surface area (Å²) in [5, 5.41) is 2.66. The summed E-state index contributed by atoms with van der Waals surface area (Å²) in [6, 6.07) is 0. The third-order valence-electron chi connectivity index (χ3n) is 6.37. The molecule has 0 aliphatic heterocycles. The van der Waals surface area contributed by atoms with E-state index in [1.54, 1.807) is 11.8 Å². The molecule has 224 valence electrons. The van der Waals surface area contributed by atoms with Gasteiger partial charge in [0.25, 0.3) is 0 Å². The zero-order chi connectivity index (χ0) is 29.4. The fourth-order valence-electron chi connectivity index (χ4n) is 3.87. The fraction of sp³-hybridized carbons (Fsp3) is 0.885. The third kappa shape index (κ3) is 14.3. The monoisotopic (exact) mass is 581 g/mol. The molecule has 0 saturated carbocycles. The van der Waals surface area contributed by atoms with E-state index in [1.165, 1.54) is 0 Å². The first-order valence-electron chi connectivity index (χ1n) is 13.7. The lowest BCUT2D eigenvalue weighted by molar-refractivity contribution is -0.139. The summed E-state index contributed by atoms with van der Waals surface area (Å²) in [7, 11) is -4.07. The van der Waals surface area contributed by atoms with Gasteiger partial charge in [-0.1, -0.05) is 27.7 Å². The molecular weight excluding hydrogens is 529 g/mol. The first-order chi connectivity index (χ1) is 17.7. The van der Waals surface area contributed by atoms with Crippen LogP contribution >= 0.6 is 19.6 Å². The lowest BCUT2D eigenvalue weighted by Crippen LogP contribution is -2.54. The van der Waals surface area contributed by atoms with Gasteiger partial charge in [-0.3, -0.25) is 23.4 Å². The molecule has 0 rings (SSSR count). The summed E-state index contributed by atoms with van der Waals surface area (Å²) < 4.78 is 21.1. The van der Waals surface area contributed by atoms with Crippen LogP contribution in [0.5, 0.6) is 0 Å². The standard InChI is InChI=1S/C26H52N3O7PS/c1-9-18-35-37(33,34)36-19-15-27-22(30)13-20-38-21-17-29(24(32)11-3)26(8,12-4)14-16-28(23(31)10-2)25(5,6)7/h9-21H2,1-8H3,(H,27,30)(H,33,34). The van der Waals surface area contributed by atoms with E-state index in [0.29, 0.717) is 56.7 Å². The Bertz CT molecular complexity index is 778. The molecule has 0 saturated heterocycles. The molecule has 0 fully saturated rings. The average molecular weight is 582 g/mol. The summed E-state index contributed by atoms with van der Waals surface area (Å²) in [5.74, 6) is 1.30. The lowest BCUT2D eigenvalue weighted by Gasteiger charge is -2.44. The Morgan fingerprint density at radius 2 is 1.47 bits per heavy atom. The van der Waals surface area contributed by atoms with Crippen LogP contribution in [-0.4, -0.2) is 87.8 Å². The molecule has 0 aliphatic carbocycles. The van der Waals surface area contributed by atoms with E-state index in [4.69, 9.17) is 9.05 Å². The van der Waals surface area contributed by atoms with Crippen LogP contribution in [0.1, 0.15) is 93.9 Å². The van der Waals surface area contributed by atoms with Crippen molar-refractivity contribution in [1.29, 1.82) is 0 Å². The second-order valence-corrected chi connectivity index (χ2v) is 13.1. The summed E-state index contributed by atoms with van der Waals surface area (Å²) >= 11 is 1.60. The number of phosphoric ester groups is 1. The van der Waals surface area contributed by atoms with Gasteiger partial charge in [0.2, 0.25) is 17.7 Å². The van der Waals surface area contributed by atoms with E-state index in [2.05, 4.69) is 19.2 Å². The number of hydrogen-bond donors (Lipinski definition) is 2. The predicted molar refractivity (Wildman–Crippen MR) is 154 cm³/mol. The molecule has 3 amide bonds. The summed E-state index contributed by atoms with van der Waals surface area (Å²) in [6.45, 7) is 17.1. The van der Waals surface area contributed by atoms with Crippen molar-refractivity contribution in [3.05, 3.63) is 0 Å². The SMILES string of the molecule is CCCOP(=O)(O)OCCNC(=O)CCSCCN(C(=O)CC)C(C)(CC)CCN(C(=O)CC)C(C)(C)C. The first kappa shape index (κ1) is 36.9. The summed E-state index contributed by atoms with van der Waals surface area (Å²) in [5.41, 5.74) is -0.667. The molecule has 0 aromatic carbocycles. The molecule has 0 radical (unpaired) electrons. The van der Waals surface area contributed by atoms with Crippen LogP contribution in [0, 0.1) is 0 Å². The van der Waals surface area contributed by atoms with Crippen LogP contribution in [0.3, 0.4) is 0 Å². The molecule has 2 N–H and O–H groups in total. The molecule has 38 heavy (non-hydrogen) atoms. The van der Waals surface area contributed by atoms with Gasteiger partial charge in [-0.05, 0) is 47.0 Å². The van der Waals surface area contributed by atoms with Crippen LogP contribution in [0.25, 0.3) is 0 Å². The van der Waals surface area contributed by atoms with Crippen LogP contribution < -0.4 is 5.32 Å². The highest BCUT2D eigenvalue weighted by molar-refractivity contribution is 7.99. The van der Waals surface area contributed by atoms with Crippen molar-refractivity contribution in [2.45, 2.75) is 105 Å². The second kappa shape index (κ2) is 18.3. The Morgan fingerprint density at radius 3 is 2.00 bits per heavy atom. The molecule has 10 nitrogen and oxygen atoms in total. The molecule has 0 spiro atoms. The molecular formula is C26H52N3O7PS. The van der Waals surface area contributed by atoms with E-state index in [1.807, 2.05) is 51.3 Å². The number of nitrogens with zero attached hydrogens (tertiary/aromatic N) is 2. The number of amides is 3. The van der Waals surface area contributed by atoms with Gasteiger partial charge in [-0.15, -0.1) is 0 Å². The summed E-state index contributed by atoms with van der Waals surface area (Å²) in [6.07, 6.45) is 3.21. The van der Waals surface area contributed by atoms with Crippen molar-refractivity contribution >= 4 is 37.3 Å². The van der Waals surface area contributed by atoms with E-state index in [9.17, 15) is 23.8 Å². The number of phosphoric acid groups is 1. The normalized spacial score (nSPS) is 14.9. The smallest absolute Gasteiger partial charge is 0.354 e. The second-order valence-electron chi connectivity index (χ2n) is 10.4. The van der Waals surface area contributed by atoms with Crippen molar-refractivity contribution in [2.24, 2.45) is 0 Å². The Kier molecular flexibility index (Phi) is 17.7. The number of rotatable bonds is 20. The van der Waals surface area contributed by atoms with E-state index in [0.717, 1.165) is 6.42 Å². The number of hydrogen-bond acceptors (Lipinski definition) is 7. The summed E-state index contributed by atoms with van der Waals surface area (Å²) in [4.78, 5) is 50.9. The van der Waals surface area contributed by atoms with Gasteiger partial charge >= 0.3 is 7.82 Å². The lowest BCUT2D eigenvalue weighted by atomic mass is 9.90. The van der Waals surface area contributed by atoms with Crippen LogP contribution in [0.4, 0.5) is 0 Å². The van der Waals surface area contributed by atoms with Gasteiger partial charge < -0.3 is 20.0 Å². The van der Waals surface area contributed by atoms with Crippen molar-refractivity contribution in [2.75, 3.05) is 44.4 Å². The average Bonchev–Trinajstić information content (AvgIpc) is 2.86. The molecule has 0 aromatic heterocycles. The fourth-order valence-corrected chi connectivity index (χ4v) is 5.53. The molecule has 2 unspecified atom stereocenters. The van der Waals surface area contributed by atoms with E-state index < -0.39 is 7.82 Å².